The summed E-state index contributed by atoms with van der Waals surface area (Å²) in [5.41, 5.74) is 0.487. The summed E-state index contributed by atoms with van der Waals surface area (Å²) < 4.78 is 33.4. The van der Waals surface area contributed by atoms with Gasteiger partial charge < -0.3 is 4.74 Å². The van der Waals surface area contributed by atoms with Gasteiger partial charge in [0.1, 0.15) is 0 Å². The third-order valence-corrected chi connectivity index (χ3v) is 6.96. The highest BCUT2D eigenvalue weighted by molar-refractivity contribution is 5.31. The maximum absolute atomic E-state index is 14.2. The minimum absolute atomic E-state index is 0.0189. The van der Waals surface area contributed by atoms with Crippen LogP contribution in [0.2, 0.25) is 0 Å². The molecular weight excluding hydrogens is 342 g/mol. The number of allylic oxidation sites excluding steroid dienone is 1. The van der Waals surface area contributed by atoms with E-state index in [-0.39, 0.29) is 5.75 Å². The van der Waals surface area contributed by atoms with Gasteiger partial charge in [-0.1, -0.05) is 25.0 Å². The van der Waals surface area contributed by atoms with Crippen molar-refractivity contribution in [3.8, 4) is 5.75 Å². The fraction of sp³-hybridized carbons (Fsp3) is 0.667. The van der Waals surface area contributed by atoms with Crippen LogP contribution in [0.15, 0.2) is 24.8 Å². The van der Waals surface area contributed by atoms with Crippen molar-refractivity contribution in [3.05, 3.63) is 42.0 Å². The molecule has 2 aliphatic rings. The summed E-state index contributed by atoms with van der Waals surface area (Å²) in [5, 5.41) is 0. The van der Waals surface area contributed by atoms with Gasteiger partial charge in [-0.25, -0.2) is 4.39 Å². The Morgan fingerprint density at radius 1 is 0.963 bits per heavy atom. The van der Waals surface area contributed by atoms with Crippen molar-refractivity contribution in [1.29, 1.82) is 0 Å². The molecule has 2 saturated carbocycles. The smallest absolute Gasteiger partial charge is 0.200 e. The van der Waals surface area contributed by atoms with Gasteiger partial charge in [-0.3, -0.25) is 0 Å². The molecule has 0 aliphatic heterocycles. The van der Waals surface area contributed by atoms with Gasteiger partial charge in [0.15, 0.2) is 11.6 Å². The lowest BCUT2D eigenvalue weighted by molar-refractivity contribution is 0.152. The fourth-order valence-corrected chi connectivity index (χ4v) is 5.19. The number of hydrogen-bond acceptors (Lipinski definition) is 1. The fourth-order valence-electron chi connectivity index (χ4n) is 5.19. The minimum Gasteiger partial charge on any atom is -0.491 e. The molecule has 2 fully saturated rings. The molecule has 1 aromatic rings. The van der Waals surface area contributed by atoms with Crippen molar-refractivity contribution in [1.82, 2.24) is 0 Å². The van der Waals surface area contributed by atoms with E-state index in [1.165, 1.54) is 51.4 Å². The first kappa shape index (κ1) is 20.4. The summed E-state index contributed by atoms with van der Waals surface area (Å²) in [6.45, 7) is 6.06. The Hall–Kier alpha value is -1.38. The molecule has 27 heavy (non-hydrogen) atoms. The Labute approximate surface area is 163 Å². The molecular formula is C24H34F2O. The number of rotatable bonds is 7. The van der Waals surface area contributed by atoms with Crippen LogP contribution < -0.4 is 4.74 Å². The summed E-state index contributed by atoms with van der Waals surface area (Å²) in [7, 11) is 0. The number of benzene rings is 1. The van der Waals surface area contributed by atoms with Crippen LogP contribution in [-0.2, 0) is 6.42 Å². The van der Waals surface area contributed by atoms with Gasteiger partial charge in [-0.15, -0.1) is 6.58 Å². The van der Waals surface area contributed by atoms with Gasteiger partial charge in [0.25, 0.3) is 0 Å². The Morgan fingerprint density at radius 3 is 2.19 bits per heavy atom. The lowest BCUT2D eigenvalue weighted by Gasteiger charge is -2.37. The van der Waals surface area contributed by atoms with Gasteiger partial charge in [0.2, 0.25) is 5.82 Å². The molecule has 0 radical (unpaired) electrons. The maximum Gasteiger partial charge on any atom is 0.200 e. The van der Waals surface area contributed by atoms with Gasteiger partial charge in [0.05, 0.1) is 6.61 Å². The molecule has 0 N–H and O–H groups in total. The van der Waals surface area contributed by atoms with Crippen molar-refractivity contribution in [3.63, 3.8) is 0 Å². The molecule has 0 spiro atoms. The molecule has 0 aromatic heterocycles. The highest BCUT2D eigenvalue weighted by Gasteiger charge is 2.30. The van der Waals surface area contributed by atoms with E-state index in [1.807, 2.05) is 0 Å². The van der Waals surface area contributed by atoms with Gasteiger partial charge in [-0.2, -0.15) is 4.39 Å². The topological polar surface area (TPSA) is 9.23 Å². The highest BCUT2D eigenvalue weighted by Crippen LogP contribution is 2.42. The highest BCUT2D eigenvalue weighted by atomic mass is 19.2. The predicted molar refractivity (Wildman–Crippen MR) is 107 cm³/mol. The minimum atomic E-state index is -0.840. The van der Waals surface area contributed by atoms with E-state index < -0.39 is 11.6 Å². The summed E-state index contributed by atoms with van der Waals surface area (Å²) in [6, 6.07) is 3.25. The first-order valence-electron chi connectivity index (χ1n) is 10.8. The molecule has 0 heterocycles. The third-order valence-electron chi connectivity index (χ3n) is 6.96. The third kappa shape index (κ3) is 5.12. The number of hydrogen-bond donors (Lipinski definition) is 0. The van der Waals surface area contributed by atoms with E-state index in [0.29, 0.717) is 24.5 Å². The van der Waals surface area contributed by atoms with Gasteiger partial charge in [-0.05, 0) is 93.6 Å². The van der Waals surface area contributed by atoms with E-state index >= 15 is 0 Å². The summed E-state index contributed by atoms with van der Waals surface area (Å²) in [5.74, 6) is 1.63. The van der Waals surface area contributed by atoms with Crippen LogP contribution in [0.4, 0.5) is 8.78 Å². The zero-order chi connectivity index (χ0) is 19.2. The molecule has 0 unspecified atom stereocenters. The van der Waals surface area contributed by atoms with Crippen molar-refractivity contribution in [2.75, 3.05) is 6.61 Å². The van der Waals surface area contributed by atoms with Crippen molar-refractivity contribution in [2.24, 2.45) is 23.7 Å². The van der Waals surface area contributed by atoms with Crippen LogP contribution >= 0.6 is 0 Å². The molecule has 1 aromatic carbocycles. The number of ether oxygens (including phenoxy) is 1. The van der Waals surface area contributed by atoms with E-state index in [4.69, 9.17) is 4.74 Å². The molecule has 2 aliphatic carbocycles. The molecule has 0 amide bonds. The summed E-state index contributed by atoms with van der Waals surface area (Å²) in [4.78, 5) is 0. The maximum atomic E-state index is 14.2. The molecule has 3 rings (SSSR count). The van der Waals surface area contributed by atoms with E-state index in [1.54, 1.807) is 19.1 Å². The average molecular weight is 377 g/mol. The quantitative estimate of drug-likeness (QED) is 0.461. The van der Waals surface area contributed by atoms with Crippen LogP contribution in [0.5, 0.6) is 5.75 Å². The first-order valence-corrected chi connectivity index (χ1v) is 10.8. The predicted octanol–water partition coefficient (Wildman–Crippen LogP) is 7.09. The zero-order valence-corrected chi connectivity index (χ0v) is 16.7. The lowest BCUT2D eigenvalue weighted by atomic mass is 9.68. The Morgan fingerprint density at radius 2 is 1.59 bits per heavy atom. The summed E-state index contributed by atoms with van der Waals surface area (Å²) >= 11 is 0. The second kappa shape index (κ2) is 9.71. The second-order valence-electron chi connectivity index (χ2n) is 8.51. The average Bonchev–Trinajstić information content (AvgIpc) is 2.71. The van der Waals surface area contributed by atoms with Crippen LogP contribution in [-0.4, -0.2) is 6.61 Å². The number of aryl methyl sites for hydroxylation is 1. The molecule has 0 saturated heterocycles. The standard InChI is InChI=1S/C24H34F2O/c1-3-17-5-10-19(11-6-17)20-12-7-18(8-13-20)9-14-21-15-16-22(27-4-2)24(26)23(21)25/h3,15-20H,1,4-14H2,2H3. The monoisotopic (exact) mass is 376 g/mol. The Balaban J connectivity index is 1.45. The van der Waals surface area contributed by atoms with Crippen LogP contribution in [0.1, 0.15) is 70.3 Å². The summed E-state index contributed by atoms with van der Waals surface area (Å²) in [6.07, 6.45) is 14.2. The lowest BCUT2D eigenvalue weighted by Crippen LogP contribution is -2.25. The van der Waals surface area contributed by atoms with Crippen LogP contribution in [0.25, 0.3) is 0 Å². The normalized spacial score (nSPS) is 28.7. The second-order valence-corrected chi connectivity index (χ2v) is 8.51. The van der Waals surface area contributed by atoms with E-state index in [0.717, 1.165) is 24.2 Å². The molecule has 0 bridgehead atoms. The van der Waals surface area contributed by atoms with Crippen molar-refractivity contribution in [2.45, 2.75) is 71.1 Å². The zero-order valence-electron chi connectivity index (χ0n) is 16.7. The van der Waals surface area contributed by atoms with Crippen LogP contribution in [0.3, 0.4) is 0 Å². The van der Waals surface area contributed by atoms with E-state index in [9.17, 15) is 8.78 Å². The Kier molecular flexibility index (Phi) is 7.32. The van der Waals surface area contributed by atoms with Crippen molar-refractivity contribution < 1.29 is 13.5 Å². The molecule has 0 atom stereocenters. The van der Waals surface area contributed by atoms with Crippen molar-refractivity contribution >= 4 is 0 Å². The first-order chi connectivity index (χ1) is 13.1. The van der Waals surface area contributed by atoms with Gasteiger partial charge >= 0.3 is 0 Å². The van der Waals surface area contributed by atoms with Crippen LogP contribution in [0, 0.1) is 35.3 Å². The molecule has 150 valence electrons. The van der Waals surface area contributed by atoms with E-state index in [2.05, 4.69) is 12.7 Å². The Bertz CT molecular complexity index is 611. The van der Waals surface area contributed by atoms with Gasteiger partial charge in [0, 0.05) is 0 Å². The molecule has 1 nitrogen and oxygen atoms in total. The molecule has 3 heteroatoms. The largest absolute Gasteiger partial charge is 0.491 e. The SMILES string of the molecule is C=CC1CCC(C2CCC(CCc3ccc(OCC)c(F)c3F)CC2)CC1. The number of halogens is 2.